The molecule has 0 aliphatic rings. The maximum absolute atomic E-state index is 5.23. The van der Waals surface area contributed by atoms with E-state index >= 15 is 0 Å². The molecule has 0 unspecified atom stereocenters. The molecule has 0 heterocycles. The van der Waals surface area contributed by atoms with Gasteiger partial charge in [0.25, 0.3) is 0 Å². The van der Waals surface area contributed by atoms with Crippen LogP contribution in [0.15, 0.2) is 0 Å². The third-order valence-corrected chi connectivity index (χ3v) is 8.21. The molecule has 0 atom stereocenters. The van der Waals surface area contributed by atoms with Gasteiger partial charge in [0, 0.05) is 0 Å². The van der Waals surface area contributed by atoms with Crippen molar-refractivity contribution in [3.05, 3.63) is 0 Å². The van der Waals surface area contributed by atoms with Gasteiger partial charge in [-0.3, -0.25) is 0 Å². The van der Waals surface area contributed by atoms with Crippen molar-refractivity contribution in [2.24, 2.45) is 0 Å². The summed E-state index contributed by atoms with van der Waals surface area (Å²) >= 11 is 0. The van der Waals surface area contributed by atoms with E-state index in [1.807, 2.05) is 0 Å². The van der Waals surface area contributed by atoms with Crippen LogP contribution in [-0.2, 0) is 14.0 Å². The summed E-state index contributed by atoms with van der Waals surface area (Å²) in [6, 6.07) is 3.49. The van der Waals surface area contributed by atoms with Crippen LogP contribution < -0.4 is 18.9 Å². The number of hydrogen-bond acceptors (Lipinski definition) is 3. The Bertz CT molecular complexity index is 217. The van der Waals surface area contributed by atoms with Crippen LogP contribution in [0, 0.1) is 11.4 Å². The van der Waals surface area contributed by atoms with Gasteiger partial charge in [-0.1, -0.05) is 20.8 Å². The quantitative estimate of drug-likeness (QED) is 0.468. The maximum atomic E-state index is 5.23. The van der Waals surface area contributed by atoms with Gasteiger partial charge in [0.05, 0.1) is 0 Å². The molecule has 0 saturated heterocycles. The first-order chi connectivity index (χ1) is 7.57. The van der Waals surface area contributed by atoms with E-state index in [0.717, 1.165) is 18.1 Å². The second kappa shape index (κ2) is 9.28. The SMILES string of the molecule is CC[Si](C#C[B-](OC)(OC)OC)(CC)CC.[Li+]. The van der Waals surface area contributed by atoms with E-state index in [9.17, 15) is 0 Å². The Hall–Kier alpha value is 0.319. The number of rotatable bonds is 6. The van der Waals surface area contributed by atoms with Crippen molar-refractivity contribution in [3.63, 3.8) is 0 Å². The zero-order valence-corrected chi connectivity index (χ0v) is 13.4. The van der Waals surface area contributed by atoms with Gasteiger partial charge in [-0.25, -0.2) is 5.82 Å². The molecule has 0 N–H and O–H groups in total. The first-order valence-corrected chi connectivity index (χ1v) is 8.52. The van der Waals surface area contributed by atoms with E-state index in [-0.39, 0.29) is 18.9 Å². The first-order valence-electron chi connectivity index (χ1n) is 5.90. The Morgan fingerprint density at radius 3 is 1.47 bits per heavy atom. The number of hydrogen-bond donors (Lipinski definition) is 0. The largest absolute Gasteiger partial charge is 1.00 e. The molecule has 0 aromatic carbocycles. The molecule has 3 nitrogen and oxygen atoms in total. The van der Waals surface area contributed by atoms with Gasteiger partial charge in [0.15, 0.2) is 0 Å². The fraction of sp³-hybridized carbons (Fsp3) is 0.818. The van der Waals surface area contributed by atoms with Crippen LogP contribution in [0.1, 0.15) is 20.8 Å². The summed E-state index contributed by atoms with van der Waals surface area (Å²) in [6.45, 7) is 4.78. The molecule has 0 aromatic heterocycles. The van der Waals surface area contributed by atoms with Crippen LogP contribution in [0.4, 0.5) is 0 Å². The maximum Gasteiger partial charge on any atom is 1.00 e. The van der Waals surface area contributed by atoms with Crippen LogP contribution in [0.2, 0.25) is 18.1 Å². The topological polar surface area (TPSA) is 27.7 Å². The molecule has 0 radical (unpaired) electrons. The van der Waals surface area contributed by atoms with Crippen molar-refractivity contribution in [2.75, 3.05) is 21.3 Å². The Morgan fingerprint density at radius 1 is 0.882 bits per heavy atom. The van der Waals surface area contributed by atoms with Gasteiger partial charge >= 0.3 is 25.6 Å². The van der Waals surface area contributed by atoms with Gasteiger partial charge in [-0.15, -0.1) is 0 Å². The van der Waals surface area contributed by atoms with Gasteiger partial charge in [-0.2, -0.15) is 5.54 Å². The minimum atomic E-state index is -1.87. The second-order valence-electron chi connectivity index (χ2n) is 3.96. The molecular weight excluding hydrogens is 226 g/mol. The molecule has 94 valence electrons. The summed E-state index contributed by atoms with van der Waals surface area (Å²) in [5.74, 6) is 3.08. The minimum Gasteiger partial charge on any atom is -0.536 e. The van der Waals surface area contributed by atoms with Crippen molar-refractivity contribution in [2.45, 2.75) is 38.9 Å². The average Bonchev–Trinajstić information content (AvgIpc) is 2.37. The Morgan fingerprint density at radius 2 is 1.24 bits per heavy atom. The molecule has 0 amide bonds. The standard InChI is InChI=1S/C11H24BO3Si.Li/c1-7-16(8-2,9-3)11-10-12(13-4,14-5)15-6;/h7-9H2,1-6H3;/q-1;+1. The molecule has 0 aliphatic carbocycles. The minimum absolute atomic E-state index is 0. The Balaban J connectivity index is 0. The molecule has 0 aromatic rings. The Labute approximate surface area is 119 Å². The predicted octanol–water partition coefficient (Wildman–Crippen LogP) is -0.541. The molecular formula is C11H24BLiO3Si. The predicted molar refractivity (Wildman–Crippen MR) is 71.8 cm³/mol. The summed E-state index contributed by atoms with van der Waals surface area (Å²) in [6.07, 6.45) is 0. The normalized spacial score (nSPS) is 11.4. The summed E-state index contributed by atoms with van der Waals surface area (Å²) in [4.78, 5) is 0. The molecule has 17 heavy (non-hydrogen) atoms. The summed E-state index contributed by atoms with van der Waals surface area (Å²) in [5, 5.41) is 0. The van der Waals surface area contributed by atoms with Gasteiger partial charge < -0.3 is 14.0 Å². The fourth-order valence-corrected chi connectivity index (χ4v) is 4.24. The molecule has 0 rings (SSSR count). The average molecular weight is 250 g/mol. The second-order valence-corrected chi connectivity index (χ2v) is 8.89. The van der Waals surface area contributed by atoms with Crippen LogP contribution >= 0.6 is 0 Å². The van der Waals surface area contributed by atoms with Gasteiger partial charge in [-0.05, 0) is 39.5 Å². The van der Waals surface area contributed by atoms with Crippen molar-refractivity contribution in [1.29, 1.82) is 0 Å². The van der Waals surface area contributed by atoms with Crippen molar-refractivity contribution >= 4 is 14.8 Å². The van der Waals surface area contributed by atoms with Gasteiger partial charge in [0.2, 0.25) is 0 Å². The summed E-state index contributed by atoms with van der Waals surface area (Å²) in [5.41, 5.74) is 3.42. The third-order valence-electron chi connectivity index (χ3n) is 3.48. The van der Waals surface area contributed by atoms with Crippen molar-refractivity contribution in [3.8, 4) is 11.4 Å². The van der Waals surface area contributed by atoms with Crippen molar-refractivity contribution in [1.82, 2.24) is 0 Å². The third kappa shape index (κ3) is 5.22. The smallest absolute Gasteiger partial charge is 0.536 e. The Kier molecular flexibility index (Phi) is 10.7. The zero-order valence-electron chi connectivity index (χ0n) is 12.4. The van der Waals surface area contributed by atoms with E-state index in [1.165, 1.54) is 0 Å². The van der Waals surface area contributed by atoms with Crippen LogP contribution in [0.25, 0.3) is 0 Å². The first kappa shape index (κ1) is 19.7. The molecule has 0 aliphatic heterocycles. The molecule has 0 saturated carbocycles. The van der Waals surface area contributed by atoms with Crippen LogP contribution in [0.5, 0.6) is 0 Å². The van der Waals surface area contributed by atoms with E-state index in [0.29, 0.717) is 0 Å². The zero-order chi connectivity index (χ0) is 12.7. The fourth-order valence-electron chi connectivity index (χ4n) is 1.72. The van der Waals surface area contributed by atoms with E-state index < -0.39 is 14.8 Å². The van der Waals surface area contributed by atoms with Crippen LogP contribution in [-0.4, -0.2) is 36.2 Å². The van der Waals surface area contributed by atoms with E-state index in [4.69, 9.17) is 14.0 Å². The molecule has 6 heteroatoms. The summed E-state index contributed by atoms with van der Waals surface area (Å²) < 4.78 is 15.7. The molecule has 0 spiro atoms. The molecule has 0 bridgehead atoms. The monoisotopic (exact) mass is 250 g/mol. The summed E-state index contributed by atoms with van der Waals surface area (Å²) in [7, 11) is 3.23. The van der Waals surface area contributed by atoms with E-state index in [2.05, 4.69) is 32.1 Å². The molecule has 0 fully saturated rings. The van der Waals surface area contributed by atoms with Crippen LogP contribution in [0.3, 0.4) is 0 Å². The van der Waals surface area contributed by atoms with E-state index in [1.54, 1.807) is 21.3 Å². The van der Waals surface area contributed by atoms with Crippen molar-refractivity contribution < 1.29 is 32.8 Å². The van der Waals surface area contributed by atoms with Gasteiger partial charge in [0.1, 0.15) is 8.07 Å².